The number of carbonyl (C=O) groups excluding carboxylic acids is 1. The summed E-state index contributed by atoms with van der Waals surface area (Å²) in [5, 5.41) is 2.54. The summed E-state index contributed by atoms with van der Waals surface area (Å²) in [6.45, 7) is 0. The van der Waals surface area contributed by atoms with Gasteiger partial charge in [-0.3, -0.25) is 4.79 Å². The minimum absolute atomic E-state index is 0. The lowest BCUT2D eigenvalue weighted by atomic mass is 9.85. The first-order valence-corrected chi connectivity index (χ1v) is 6.60. The number of carbonyl (C=O) groups is 1. The fourth-order valence-corrected chi connectivity index (χ4v) is 2.54. The van der Waals surface area contributed by atoms with E-state index in [4.69, 9.17) is 5.73 Å². The summed E-state index contributed by atoms with van der Waals surface area (Å²) in [7, 11) is 1.18. The molecule has 1 aliphatic rings. The molecular weight excluding hydrogens is 302 g/mol. The Morgan fingerprint density at radius 2 is 1.95 bits per heavy atom. The average Bonchev–Trinajstić information content (AvgIpc) is 2.38. The van der Waals surface area contributed by atoms with Crippen molar-refractivity contribution in [3.63, 3.8) is 0 Å². The number of hydrogen-bond donors (Lipinski definition) is 2. The standard InChI is InChI=1S/C14H18F2N2O2.ClH/c1-20-13-11(15)6-10(7-12(13)16)18-14(19)8-3-2-4-9(17)5-8;/h6-9H,2-5,17H2,1H3,(H,18,19);1H. The number of nitrogens with one attached hydrogen (secondary N) is 1. The molecule has 0 radical (unpaired) electrons. The van der Waals surface area contributed by atoms with E-state index in [0.29, 0.717) is 6.42 Å². The van der Waals surface area contributed by atoms with Crippen molar-refractivity contribution in [3.05, 3.63) is 23.8 Å². The van der Waals surface area contributed by atoms with Gasteiger partial charge in [0.05, 0.1) is 7.11 Å². The van der Waals surface area contributed by atoms with Crippen LogP contribution in [0, 0.1) is 17.6 Å². The van der Waals surface area contributed by atoms with Crippen LogP contribution in [0.4, 0.5) is 14.5 Å². The molecule has 1 aliphatic carbocycles. The Labute approximate surface area is 128 Å². The van der Waals surface area contributed by atoms with Gasteiger partial charge >= 0.3 is 0 Å². The third-order valence-electron chi connectivity index (χ3n) is 3.56. The average molecular weight is 321 g/mol. The number of rotatable bonds is 3. The summed E-state index contributed by atoms with van der Waals surface area (Å²) in [5.74, 6) is -2.59. The normalized spacial score (nSPS) is 21.3. The van der Waals surface area contributed by atoms with E-state index < -0.39 is 17.4 Å². The minimum Gasteiger partial charge on any atom is -0.491 e. The molecule has 1 aromatic rings. The SMILES string of the molecule is COc1c(F)cc(NC(=O)C2CCCC(N)C2)cc1F.Cl. The third-order valence-corrected chi connectivity index (χ3v) is 3.56. The molecule has 3 N–H and O–H groups in total. The maximum absolute atomic E-state index is 13.5. The highest BCUT2D eigenvalue weighted by atomic mass is 35.5. The summed E-state index contributed by atoms with van der Waals surface area (Å²) >= 11 is 0. The number of methoxy groups -OCH3 is 1. The highest BCUT2D eigenvalue weighted by Crippen LogP contribution is 2.27. The third kappa shape index (κ3) is 4.28. The molecule has 2 unspecified atom stereocenters. The van der Waals surface area contributed by atoms with E-state index in [0.717, 1.165) is 31.4 Å². The molecule has 0 bridgehead atoms. The molecule has 0 aromatic heterocycles. The monoisotopic (exact) mass is 320 g/mol. The van der Waals surface area contributed by atoms with Gasteiger partial charge in [0, 0.05) is 29.8 Å². The molecule has 1 fully saturated rings. The van der Waals surface area contributed by atoms with Gasteiger partial charge in [-0.05, 0) is 19.3 Å². The summed E-state index contributed by atoms with van der Waals surface area (Å²) in [4.78, 5) is 12.0. The van der Waals surface area contributed by atoms with Gasteiger partial charge < -0.3 is 15.8 Å². The zero-order valence-electron chi connectivity index (χ0n) is 11.7. The smallest absolute Gasteiger partial charge is 0.227 e. The Morgan fingerprint density at radius 3 is 2.48 bits per heavy atom. The molecule has 0 spiro atoms. The van der Waals surface area contributed by atoms with Crippen LogP contribution < -0.4 is 15.8 Å². The van der Waals surface area contributed by atoms with Crippen molar-refractivity contribution in [1.82, 2.24) is 0 Å². The Balaban J connectivity index is 0.00000220. The molecule has 21 heavy (non-hydrogen) atoms. The fourth-order valence-electron chi connectivity index (χ4n) is 2.54. The predicted molar refractivity (Wildman–Crippen MR) is 78.7 cm³/mol. The van der Waals surface area contributed by atoms with Crippen LogP contribution >= 0.6 is 12.4 Å². The molecule has 2 rings (SSSR count). The molecule has 0 saturated heterocycles. The molecule has 0 aliphatic heterocycles. The quantitative estimate of drug-likeness (QED) is 0.900. The van der Waals surface area contributed by atoms with Gasteiger partial charge in [0.15, 0.2) is 17.4 Å². The van der Waals surface area contributed by atoms with E-state index in [-0.39, 0.29) is 36.0 Å². The molecule has 0 heterocycles. The van der Waals surface area contributed by atoms with Gasteiger partial charge in [-0.15, -0.1) is 12.4 Å². The van der Waals surface area contributed by atoms with Gasteiger partial charge in [-0.25, -0.2) is 8.78 Å². The van der Waals surface area contributed by atoms with E-state index >= 15 is 0 Å². The number of nitrogens with two attached hydrogens (primary N) is 1. The first kappa shape index (κ1) is 17.7. The molecular formula is C14H19ClF2N2O2. The molecule has 1 amide bonds. The van der Waals surface area contributed by atoms with Gasteiger partial charge in [0.2, 0.25) is 5.91 Å². The fraction of sp³-hybridized carbons (Fsp3) is 0.500. The molecule has 7 heteroatoms. The zero-order chi connectivity index (χ0) is 14.7. The second kappa shape index (κ2) is 7.56. The molecule has 4 nitrogen and oxygen atoms in total. The summed E-state index contributed by atoms with van der Waals surface area (Å²) < 4.78 is 31.6. The van der Waals surface area contributed by atoms with Crippen LogP contribution in [0.5, 0.6) is 5.75 Å². The molecule has 1 saturated carbocycles. The first-order valence-electron chi connectivity index (χ1n) is 6.60. The van der Waals surface area contributed by atoms with E-state index in [1.165, 1.54) is 7.11 Å². The lowest BCUT2D eigenvalue weighted by molar-refractivity contribution is -0.120. The second-order valence-electron chi connectivity index (χ2n) is 5.09. The Kier molecular flexibility index (Phi) is 6.36. The zero-order valence-corrected chi connectivity index (χ0v) is 12.5. The Morgan fingerprint density at radius 1 is 1.33 bits per heavy atom. The number of amides is 1. The van der Waals surface area contributed by atoms with Crippen LogP contribution in [0.3, 0.4) is 0 Å². The highest BCUT2D eigenvalue weighted by molar-refractivity contribution is 5.92. The summed E-state index contributed by atoms with van der Waals surface area (Å²) in [5.41, 5.74) is 5.91. The number of halogens is 3. The van der Waals surface area contributed by atoms with E-state index in [9.17, 15) is 13.6 Å². The maximum atomic E-state index is 13.5. The summed E-state index contributed by atoms with van der Waals surface area (Å²) in [6.07, 6.45) is 3.16. The molecule has 118 valence electrons. The van der Waals surface area contributed by atoms with E-state index in [1.54, 1.807) is 0 Å². The number of anilines is 1. The molecule has 1 aromatic carbocycles. The van der Waals surface area contributed by atoms with Crippen molar-refractivity contribution in [2.75, 3.05) is 12.4 Å². The van der Waals surface area contributed by atoms with Crippen molar-refractivity contribution in [1.29, 1.82) is 0 Å². The number of ether oxygens (including phenoxy) is 1. The Hall–Kier alpha value is -1.40. The van der Waals surface area contributed by atoms with Gasteiger partial charge in [0.1, 0.15) is 0 Å². The highest BCUT2D eigenvalue weighted by Gasteiger charge is 2.25. The largest absolute Gasteiger partial charge is 0.491 e. The maximum Gasteiger partial charge on any atom is 0.227 e. The van der Waals surface area contributed by atoms with Crippen LogP contribution in [-0.2, 0) is 4.79 Å². The van der Waals surface area contributed by atoms with Gasteiger partial charge in [0.25, 0.3) is 0 Å². The molecule has 2 atom stereocenters. The second-order valence-corrected chi connectivity index (χ2v) is 5.09. The van der Waals surface area contributed by atoms with Gasteiger partial charge in [-0.1, -0.05) is 6.42 Å². The number of benzene rings is 1. The Bertz CT molecular complexity index is 491. The van der Waals surface area contributed by atoms with Gasteiger partial charge in [-0.2, -0.15) is 0 Å². The van der Waals surface area contributed by atoms with Crippen LogP contribution in [0.25, 0.3) is 0 Å². The van der Waals surface area contributed by atoms with Crippen molar-refractivity contribution < 1.29 is 18.3 Å². The van der Waals surface area contributed by atoms with Crippen LogP contribution in [0.15, 0.2) is 12.1 Å². The van der Waals surface area contributed by atoms with Crippen molar-refractivity contribution in [2.24, 2.45) is 11.7 Å². The van der Waals surface area contributed by atoms with Crippen molar-refractivity contribution in [2.45, 2.75) is 31.7 Å². The minimum atomic E-state index is -0.844. The lowest BCUT2D eigenvalue weighted by Gasteiger charge is -2.25. The van der Waals surface area contributed by atoms with Crippen LogP contribution in [0.2, 0.25) is 0 Å². The van der Waals surface area contributed by atoms with E-state index in [2.05, 4.69) is 10.1 Å². The van der Waals surface area contributed by atoms with Crippen LogP contribution in [0.1, 0.15) is 25.7 Å². The van der Waals surface area contributed by atoms with Crippen molar-refractivity contribution in [3.8, 4) is 5.75 Å². The first-order chi connectivity index (χ1) is 9.51. The van der Waals surface area contributed by atoms with E-state index in [1.807, 2.05) is 0 Å². The van der Waals surface area contributed by atoms with Crippen LogP contribution in [-0.4, -0.2) is 19.1 Å². The lowest BCUT2D eigenvalue weighted by Crippen LogP contribution is -2.34. The number of hydrogen-bond acceptors (Lipinski definition) is 3. The predicted octanol–water partition coefficient (Wildman–Crippen LogP) is 2.85. The van der Waals surface area contributed by atoms with Crippen molar-refractivity contribution >= 4 is 24.0 Å². The topological polar surface area (TPSA) is 64.3 Å². The summed E-state index contributed by atoms with van der Waals surface area (Å²) in [6, 6.07) is 2.11.